The molecule has 0 aliphatic carbocycles. The van der Waals surface area contributed by atoms with Crippen molar-refractivity contribution in [3.05, 3.63) is 29.8 Å². The molecule has 25 heavy (non-hydrogen) atoms. The van der Waals surface area contributed by atoms with Crippen LogP contribution in [0.4, 0.5) is 15.3 Å². The normalized spacial score (nSPS) is 24.2. The maximum Gasteiger partial charge on any atom is 0.507 e. The largest absolute Gasteiger partial charge is 0.507 e. The summed E-state index contributed by atoms with van der Waals surface area (Å²) in [6.45, 7) is 3.21. The van der Waals surface area contributed by atoms with Gasteiger partial charge < -0.3 is 20.3 Å². The molecule has 0 aromatic heterocycles. The van der Waals surface area contributed by atoms with Gasteiger partial charge in [0.25, 0.3) is 0 Å². The van der Waals surface area contributed by atoms with Gasteiger partial charge in [0.2, 0.25) is 0 Å². The second-order valence-electron chi connectivity index (χ2n) is 6.07. The summed E-state index contributed by atoms with van der Waals surface area (Å²) in [5.41, 5.74) is 7.36. The van der Waals surface area contributed by atoms with E-state index in [1.165, 1.54) is 0 Å². The molecule has 136 valence electrons. The standard InChI is InChI=1S/C16H22N4O5/c17-7-11-1-3-12(4-2-11)20-9-13(24-15(20)21)8-19-6-5-18-14(10-19)25-16(22)23/h1-4,13-14,18H,5-10,17H2,(H,22,23). The lowest BCUT2D eigenvalue weighted by Gasteiger charge is -2.33. The Morgan fingerprint density at radius 3 is 2.80 bits per heavy atom. The number of amides is 1. The van der Waals surface area contributed by atoms with Crippen molar-refractivity contribution >= 4 is 17.9 Å². The number of cyclic esters (lactones) is 1. The van der Waals surface area contributed by atoms with E-state index in [9.17, 15) is 9.59 Å². The summed E-state index contributed by atoms with van der Waals surface area (Å²) < 4.78 is 10.2. The van der Waals surface area contributed by atoms with E-state index in [2.05, 4.69) is 5.32 Å². The smallest absolute Gasteiger partial charge is 0.450 e. The minimum Gasteiger partial charge on any atom is -0.450 e. The molecule has 2 aliphatic rings. The van der Waals surface area contributed by atoms with E-state index in [1.807, 2.05) is 29.2 Å². The van der Waals surface area contributed by atoms with Crippen molar-refractivity contribution in [3.8, 4) is 0 Å². The van der Waals surface area contributed by atoms with Gasteiger partial charge in [0.05, 0.1) is 6.54 Å². The van der Waals surface area contributed by atoms with Crippen LogP contribution in [0.3, 0.4) is 0 Å². The van der Waals surface area contributed by atoms with Gasteiger partial charge in [0.15, 0.2) is 6.23 Å². The molecular formula is C16H22N4O5. The average molecular weight is 350 g/mol. The second kappa shape index (κ2) is 7.68. The number of nitrogens with two attached hydrogens (primary N) is 1. The first-order valence-electron chi connectivity index (χ1n) is 8.17. The molecule has 9 heteroatoms. The van der Waals surface area contributed by atoms with Crippen LogP contribution >= 0.6 is 0 Å². The monoisotopic (exact) mass is 350 g/mol. The number of nitrogens with zero attached hydrogens (tertiary/aromatic N) is 2. The van der Waals surface area contributed by atoms with Gasteiger partial charge in [-0.3, -0.25) is 15.1 Å². The molecule has 4 N–H and O–H groups in total. The van der Waals surface area contributed by atoms with E-state index in [0.29, 0.717) is 32.7 Å². The Morgan fingerprint density at radius 1 is 1.36 bits per heavy atom. The number of hydrogen-bond donors (Lipinski definition) is 3. The zero-order valence-electron chi connectivity index (χ0n) is 13.8. The number of anilines is 1. The highest BCUT2D eigenvalue weighted by Crippen LogP contribution is 2.22. The van der Waals surface area contributed by atoms with Gasteiger partial charge in [-0.15, -0.1) is 0 Å². The summed E-state index contributed by atoms with van der Waals surface area (Å²) in [5, 5.41) is 11.7. The Labute approximate surface area is 145 Å². The molecule has 1 aromatic rings. The molecule has 1 aromatic carbocycles. The van der Waals surface area contributed by atoms with Gasteiger partial charge in [-0.1, -0.05) is 12.1 Å². The lowest BCUT2D eigenvalue weighted by Crippen LogP contribution is -2.54. The van der Waals surface area contributed by atoms with Crippen LogP contribution in [0.1, 0.15) is 5.56 Å². The second-order valence-corrected chi connectivity index (χ2v) is 6.07. The molecule has 0 radical (unpaired) electrons. The van der Waals surface area contributed by atoms with Gasteiger partial charge in [-0.05, 0) is 17.7 Å². The third-order valence-corrected chi connectivity index (χ3v) is 4.29. The number of carbonyl (C=O) groups excluding carboxylic acids is 1. The first-order valence-corrected chi connectivity index (χ1v) is 8.17. The van der Waals surface area contributed by atoms with Crippen LogP contribution in [0.2, 0.25) is 0 Å². The number of benzene rings is 1. The number of nitrogens with one attached hydrogen (secondary N) is 1. The number of ether oxygens (including phenoxy) is 2. The quantitative estimate of drug-likeness (QED) is 0.653. The van der Waals surface area contributed by atoms with E-state index in [-0.39, 0.29) is 12.2 Å². The molecule has 9 nitrogen and oxygen atoms in total. The summed E-state index contributed by atoms with van der Waals surface area (Å²) in [7, 11) is 0. The van der Waals surface area contributed by atoms with Crippen LogP contribution in [0, 0.1) is 0 Å². The highest BCUT2D eigenvalue weighted by molar-refractivity contribution is 5.89. The van der Waals surface area contributed by atoms with Crippen LogP contribution in [-0.2, 0) is 16.0 Å². The lowest BCUT2D eigenvalue weighted by molar-refractivity contribution is -0.00535. The van der Waals surface area contributed by atoms with Crippen molar-refractivity contribution in [3.63, 3.8) is 0 Å². The maximum absolute atomic E-state index is 12.1. The Bertz CT molecular complexity index is 623. The summed E-state index contributed by atoms with van der Waals surface area (Å²) in [4.78, 5) is 26.4. The van der Waals surface area contributed by atoms with Crippen LogP contribution in [-0.4, -0.2) is 67.3 Å². The Balaban J connectivity index is 1.56. The molecule has 2 fully saturated rings. The molecule has 2 atom stereocenters. The summed E-state index contributed by atoms with van der Waals surface area (Å²) in [6, 6.07) is 7.49. The summed E-state index contributed by atoms with van der Waals surface area (Å²) in [5.74, 6) is 0. The van der Waals surface area contributed by atoms with Gasteiger partial charge in [0.1, 0.15) is 6.10 Å². The predicted octanol–water partition coefficient (Wildman–Crippen LogP) is 0.396. The highest BCUT2D eigenvalue weighted by Gasteiger charge is 2.34. The van der Waals surface area contributed by atoms with E-state index < -0.39 is 12.4 Å². The van der Waals surface area contributed by atoms with Crippen molar-refractivity contribution < 1.29 is 24.2 Å². The van der Waals surface area contributed by atoms with Crippen molar-refractivity contribution in [2.24, 2.45) is 5.73 Å². The SMILES string of the molecule is NCc1ccc(N2CC(CN3CCNC(OC(=O)O)C3)OC2=O)cc1. The van der Waals surface area contributed by atoms with E-state index in [0.717, 1.165) is 17.8 Å². The molecular weight excluding hydrogens is 328 g/mol. The van der Waals surface area contributed by atoms with Gasteiger partial charge in [-0.2, -0.15) is 0 Å². The van der Waals surface area contributed by atoms with Crippen LogP contribution in [0.25, 0.3) is 0 Å². The zero-order chi connectivity index (χ0) is 17.8. The fourth-order valence-electron chi connectivity index (χ4n) is 3.07. The fraction of sp³-hybridized carbons (Fsp3) is 0.500. The van der Waals surface area contributed by atoms with Crippen LogP contribution in [0.15, 0.2) is 24.3 Å². The van der Waals surface area contributed by atoms with E-state index in [1.54, 1.807) is 4.90 Å². The Morgan fingerprint density at radius 2 is 2.12 bits per heavy atom. The van der Waals surface area contributed by atoms with Crippen molar-refractivity contribution in [2.45, 2.75) is 18.9 Å². The van der Waals surface area contributed by atoms with Gasteiger partial charge in [-0.25, -0.2) is 9.59 Å². The minimum atomic E-state index is -1.31. The third-order valence-electron chi connectivity index (χ3n) is 4.29. The maximum atomic E-state index is 12.1. The van der Waals surface area contributed by atoms with Crippen molar-refractivity contribution in [1.29, 1.82) is 0 Å². The number of carboxylic acid groups (broad SMARTS) is 1. The lowest BCUT2D eigenvalue weighted by atomic mass is 10.2. The Hall–Kier alpha value is -2.36. The van der Waals surface area contributed by atoms with Crippen molar-refractivity contribution in [1.82, 2.24) is 10.2 Å². The average Bonchev–Trinajstić information content (AvgIpc) is 2.95. The molecule has 0 spiro atoms. The number of hydrogen-bond acceptors (Lipinski definition) is 7. The molecule has 2 saturated heterocycles. The molecule has 3 rings (SSSR count). The van der Waals surface area contributed by atoms with Crippen molar-refractivity contribution in [2.75, 3.05) is 37.6 Å². The molecule has 2 aliphatic heterocycles. The molecule has 2 heterocycles. The third kappa shape index (κ3) is 4.38. The summed E-state index contributed by atoms with van der Waals surface area (Å²) >= 11 is 0. The number of carbonyl (C=O) groups is 2. The molecule has 1 amide bonds. The van der Waals surface area contributed by atoms with E-state index >= 15 is 0 Å². The first kappa shape index (κ1) is 17.5. The minimum absolute atomic E-state index is 0.273. The molecule has 2 unspecified atom stereocenters. The summed E-state index contributed by atoms with van der Waals surface area (Å²) in [6.07, 6.45) is -2.52. The highest BCUT2D eigenvalue weighted by atomic mass is 16.7. The number of rotatable bonds is 5. The predicted molar refractivity (Wildman–Crippen MR) is 89.3 cm³/mol. The molecule has 0 saturated carbocycles. The van der Waals surface area contributed by atoms with Crippen LogP contribution < -0.4 is 16.0 Å². The zero-order valence-corrected chi connectivity index (χ0v) is 13.8. The first-order chi connectivity index (χ1) is 12.0. The topological polar surface area (TPSA) is 117 Å². The number of piperazine rings is 1. The van der Waals surface area contributed by atoms with Gasteiger partial charge >= 0.3 is 12.2 Å². The van der Waals surface area contributed by atoms with E-state index in [4.69, 9.17) is 20.3 Å². The fourth-order valence-corrected chi connectivity index (χ4v) is 3.07. The Kier molecular flexibility index (Phi) is 5.37. The van der Waals surface area contributed by atoms with Crippen LogP contribution in [0.5, 0.6) is 0 Å². The molecule has 0 bridgehead atoms. The van der Waals surface area contributed by atoms with Gasteiger partial charge in [0, 0.05) is 38.4 Å².